The van der Waals surface area contributed by atoms with Gasteiger partial charge in [0.25, 0.3) is 0 Å². The molecule has 112 valence electrons. The second-order valence-electron chi connectivity index (χ2n) is 4.99. The number of carbonyl (C=O) groups excluding carboxylic acids is 1. The molecule has 1 rings (SSSR count). The molecular weight excluding hydrogens is 256 g/mol. The van der Waals surface area contributed by atoms with Crippen molar-refractivity contribution < 1.29 is 14.3 Å². The molecule has 0 saturated heterocycles. The summed E-state index contributed by atoms with van der Waals surface area (Å²) in [4.78, 5) is 11.5. The van der Waals surface area contributed by atoms with Gasteiger partial charge in [-0.05, 0) is 23.6 Å². The Balaban J connectivity index is 2.40. The first-order chi connectivity index (χ1) is 9.56. The van der Waals surface area contributed by atoms with E-state index in [2.05, 4.69) is 24.5 Å². The molecular formula is C15H24N2O3. The normalized spacial score (nSPS) is 10.4. The van der Waals surface area contributed by atoms with Crippen LogP contribution < -0.4 is 20.1 Å². The maximum atomic E-state index is 11.5. The summed E-state index contributed by atoms with van der Waals surface area (Å²) in [6.45, 7) is 5.75. The Labute approximate surface area is 120 Å². The van der Waals surface area contributed by atoms with Crippen molar-refractivity contribution in [2.75, 3.05) is 27.3 Å². The van der Waals surface area contributed by atoms with Crippen molar-refractivity contribution in [2.45, 2.75) is 20.4 Å². The number of nitrogens with one attached hydrogen (secondary N) is 2. The van der Waals surface area contributed by atoms with Crippen LogP contribution in [0.4, 0.5) is 0 Å². The molecule has 1 aromatic rings. The smallest absolute Gasteiger partial charge is 0.233 e. The molecule has 0 heterocycles. The second-order valence-corrected chi connectivity index (χ2v) is 4.99. The van der Waals surface area contributed by atoms with Gasteiger partial charge in [0, 0.05) is 13.1 Å². The van der Waals surface area contributed by atoms with Crippen LogP contribution in [0.2, 0.25) is 0 Å². The van der Waals surface area contributed by atoms with E-state index in [0.717, 1.165) is 5.56 Å². The number of rotatable bonds is 8. The van der Waals surface area contributed by atoms with Crippen LogP contribution in [-0.4, -0.2) is 33.2 Å². The lowest BCUT2D eigenvalue weighted by Gasteiger charge is -2.11. The van der Waals surface area contributed by atoms with Crippen molar-refractivity contribution in [3.63, 3.8) is 0 Å². The van der Waals surface area contributed by atoms with Crippen molar-refractivity contribution in [2.24, 2.45) is 5.92 Å². The van der Waals surface area contributed by atoms with Gasteiger partial charge in [0.15, 0.2) is 11.5 Å². The Hall–Kier alpha value is -1.75. The van der Waals surface area contributed by atoms with Crippen molar-refractivity contribution in [1.82, 2.24) is 10.6 Å². The predicted molar refractivity (Wildman–Crippen MR) is 79.1 cm³/mol. The predicted octanol–water partition coefficient (Wildman–Crippen LogP) is 1.57. The summed E-state index contributed by atoms with van der Waals surface area (Å²) in [5.74, 6) is 1.87. The average Bonchev–Trinajstić information content (AvgIpc) is 2.44. The van der Waals surface area contributed by atoms with E-state index >= 15 is 0 Å². The quantitative estimate of drug-likeness (QED) is 0.759. The van der Waals surface area contributed by atoms with Gasteiger partial charge in [0.2, 0.25) is 5.91 Å². The fraction of sp³-hybridized carbons (Fsp3) is 0.533. The van der Waals surface area contributed by atoms with Crippen LogP contribution in [0.15, 0.2) is 18.2 Å². The zero-order valence-electron chi connectivity index (χ0n) is 12.7. The monoisotopic (exact) mass is 280 g/mol. The third kappa shape index (κ3) is 5.48. The summed E-state index contributed by atoms with van der Waals surface area (Å²) in [6, 6.07) is 5.70. The first-order valence-corrected chi connectivity index (χ1v) is 6.75. The Kier molecular flexibility index (Phi) is 6.87. The van der Waals surface area contributed by atoms with E-state index in [4.69, 9.17) is 9.47 Å². The molecule has 2 N–H and O–H groups in total. The molecule has 0 bridgehead atoms. The van der Waals surface area contributed by atoms with Crippen molar-refractivity contribution in [1.29, 1.82) is 0 Å². The van der Waals surface area contributed by atoms with Crippen LogP contribution in [-0.2, 0) is 11.3 Å². The van der Waals surface area contributed by atoms with Crippen molar-refractivity contribution in [3.8, 4) is 11.5 Å². The van der Waals surface area contributed by atoms with Crippen molar-refractivity contribution in [3.05, 3.63) is 23.8 Å². The van der Waals surface area contributed by atoms with Gasteiger partial charge in [-0.2, -0.15) is 0 Å². The fourth-order valence-corrected chi connectivity index (χ4v) is 1.69. The SMILES string of the molecule is COc1ccc(CNCC(=O)NCC(C)C)cc1OC. The van der Waals surface area contributed by atoms with Crippen LogP contribution in [0.1, 0.15) is 19.4 Å². The number of methoxy groups -OCH3 is 2. The second kappa shape index (κ2) is 8.43. The van der Waals surface area contributed by atoms with Gasteiger partial charge in [0.1, 0.15) is 0 Å². The molecule has 1 aromatic carbocycles. The van der Waals surface area contributed by atoms with Crippen LogP contribution in [0.25, 0.3) is 0 Å². The summed E-state index contributed by atoms with van der Waals surface area (Å²) in [5.41, 5.74) is 1.04. The zero-order valence-corrected chi connectivity index (χ0v) is 12.7. The Morgan fingerprint density at radius 2 is 1.90 bits per heavy atom. The lowest BCUT2D eigenvalue weighted by atomic mass is 10.2. The first-order valence-electron chi connectivity index (χ1n) is 6.75. The van der Waals surface area contributed by atoms with E-state index in [-0.39, 0.29) is 5.91 Å². The van der Waals surface area contributed by atoms with Crippen LogP contribution in [0.3, 0.4) is 0 Å². The van der Waals surface area contributed by atoms with E-state index in [9.17, 15) is 4.79 Å². The first kappa shape index (κ1) is 16.3. The Morgan fingerprint density at radius 3 is 2.50 bits per heavy atom. The van der Waals surface area contributed by atoms with E-state index in [1.165, 1.54) is 0 Å². The molecule has 0 fully saturated rings. The summed E-state index contributed by atoms with van der Waals surface area (Å²) >= 11 is 0. The van der Waals surface area contributed by atoms with Gasteiger partial charge >= 0.3 is 0 Å². The molecule has 0 atom stereocenters. The molecule has 0 unspecified atom stereocenters. The summed E-state index contributed by atoms with van der Waals surface area (Å²) < 4.78 is 10.4. The highest BCUT2D eigenvalue weighted by atomic mass is 16.5. The van der Waals surface area contributed by atoms with E-state index in [1.54, 1.807) is 14.2 Å². The van der Waals surface area contributed by atoms with E-state index in [1.807, 2.05) is 18.2 Å². The largest absolute Gasteiger partial charge is 0.493 e. The number of hydrogen-bond acceptors (Lipinski definition) is 4. The highest BCUT2D eigenvalue weighted by molar-refractivity contribution is 5.77. The standard InChI is InChI=1S/C15H24N2O3/c1-11(2)8-17-15(18)10-16-9-12-5-6-13(19-3)14(7-12)20-4/h5-7,11,16H,8-10H2,1-4H3,(H,17,18). The zero-order chi connectivity index (χ0) is 15.0. The number of hydrogen-bond donors (Lipinski definition) is 2. The molecule has 5 nitrogen and oxygen atoms in total. The van der Waals surface area contributed by atoms with Gasteiger partial charge in [-0.3, -0.25) is 4.79 Å². The minimum absolute atomic E-state index is 0.0131. The summed E-state index contributed by atoms with van der Waals surface area (Å²) in [7, 11) is 3.21. The molecule has 0 radical (unpaired) electrons. The lowest BCUT2D eigenvalue weighted by molar-refractivity contribution is -0.120. The maximum Gasteiger partial charge on any atom is 0.233 e. The Morgan fingerprint density at radius 1 is 1.20 bits per heavy atom. The molecule has 0 aliphatic rings. The number of carbonyl (C=O) groups is 1. The minimum Gasteiger partial charge on any atom is -0.493 e. The van der Waals surface area contributed by atoms with Gasteiger partial charge in [-0.1, -0.05) is 19.9 Å². The number of amides is 1. The minimum atomic E-state index is 0.0131. The molecule has 20 heavy (non-hydrogen) atoms. The fourth-order valence-electron chi connectivity index (χ4n) is 1.69. The lowest BCUT2D eigenvalue weighted by Crippen LogP contribution is -2.35. The van der Waals surface area contributed by atoms with Crippen LogP contribution in [0.5, 0.6) is 11.5 Å². The van der Waals surface area contributed by atoms with Crippen LogP contribution in [0, 0.1) is 5.92 Å². The highest BCUT2D eigenvalue weighted by Gasteiger charge is 2.05. The Bertz CT molecular complexity index is 433. The molecule has 0 saturated carbocycles. The number of benzene rings is 1. The van der Waals surface area contributed by atoms with E-state index < -0.39 is 0 Å². The van der Waals surface area contributed by atoms with Crippen LogP contribution >= 0.6 is 0 Å². The molecule has 1 amide bonds. The topological polar surface area (TPSA) is 59.6 Å². The molecule has 0 aromatic heterocycles. The molecule has 0 aliphatic heterocycles. The maximum absolute atomic E-state index is 11.5. The summed E-state index contributed by atoms with van der Waals surface area (Å²) in [6.07, 6.45) is 0. The molecule has 0 aliphatic carbocycles. The van der Waals surface area contributed by atoms with Crippen molar-refractivity contribution >= 4 is 5.91 Å². The third-order valence-corrected chi connectivity index (χ3v) is 2.77. The van der Waals surface area contributed by atoms with Gasteiger partial charge in [-0.15, -0.1) is 0 Å². The van der Waals surface area contributed by atoms with Gasteiger partial charge < -0.3 is 20.1 Å². The van der Waals surface area contributed by atoms with Gasteiger partial charge in [0.05, 0.1) is 20.8 Å². The summed E-state index contributed by atoms with van der Waals surface area (Å²) in [5, 5.41) is 5.97. The average molecular weight is 280 g/mol. The highest BCUT2D eigenvalue weighted by Crippen LogP contribution is 2.27. The molecule has 5 heteroatoms. The van der Waals surface area contributed by atoms with Gasteiger partial charge in [-0.25, -0.2) is 0 Å². The molecule has 0 spiro atoms. The third-order valence-electron chi connectivity index (χ3n) is 2.77. The number of ether oxygens (including phenoxy) is 2. The van der Waals surface area contributed by atoms with E-state index in [0.29, 0.717) is 37.1 Å².